The number of benzene rings is 2. The summed E-state index contributed by atoms with van der Waals surface area (Å²) < 4.78 is 77.3. The molecule has 1 aliphatic rings. The Hall–Kier alpha value is -1.84. The van der Waals surface area contributed by atoms with Gasteiger partial charge in [0.1, 0.15) is 4.90 Å². The molecular formula is C17H17F2NO4S2. The van der Waals surface area contributed by atoms with Crippen LogP contribution in [-0.4, -0.2) is 32.9 Å². The second kappa shape index (κ2) is 7.05. The van der Waals surface area contributed by atoms with E-state index in [1.807, 2.05) is 0 Å². The fraction of sp³-hybridized carbons (Fsp3) is 0.294. The molecule has 140 valence electrons. The third-order valence-corrected chi connectivity index (χ3v) is 7.64. The zero-order chi connectivity index (χ0) is 18.9. The Morgan fingerprint density at radius 2 is 1.42 bits per heavy atom. The van der Waals surface area contributed by atoms with Gasteiger partial charge in [0.15, 0.2) is 0 Å². The summed E-state index contributed by atoms with van der Waals surface area (Å²) in [5.74, 6) is -3.69. The van der Waals surface area contributed by atoms with Crippen molar-refractivity contribution in [3.8, 4) is 0 Å². The highest BCUT2D eigenvalue weighted by Gasteiger charge is 2.41. The van der Waals surface area contributed by atoms with Gasteiger partial charge in [-0.1, -0.05) is 42.5 Å². The maximum absolute atomic E-state index is 13.1. The van der Waals surface area contributed by atoms with Gasteiger partial charge in [0.25, 0.3) is 0 Å². The predicted molar refractivity (Wildman–Crippen MR) is 91.8 cm³/mol. The number of rotatable bonds is 7. The van der Waals surface area contributed by atoms with Crippen LogP contribution >= 0.6 is 0 Å². The Balaban J connectivity index is 2.07. The first-order valence-corrected chi connectivity index (χ1v) is 10.9. The Morgan fingerprint density at radius 1 is 0.885 bits per heavy atom. The summed E-state index contributed by atoms with van der Waals surface area (Å²) in [6, 6.07) is 13.1. The quantitative estimate of drug-likeness (QED) is 0.715. The van der Waals surface area contributed by atoms with Gasteiger partial charge < -0.3 is 0 Å². The highest BCUT2D eigenvalue weighted by Crippen LogP contribution is 2.36. The number of hydrogen-bond donors (Lipinski definition) is 0. The second-order valence-corrected chi connectivity index (χ2v) is 9.76. The number of alkyl halides is 2. The molecular weight excluding hydrogens is 384 g/mol. The van der Waals surface area contributed by atoms with Gasteiger partial charge in [-0.2, -0.15) is 13.1 Å². The van der Waals surface area contributed by atoms with E-state index in [1.165, 1.54) is 16.4 Å². The molecule has 26 heavy (non-hydrogen) atoms. The van der Waals surface area contributed by atoms with Crippen LogP contribution in [0.5, 0.6) is 0 Å². The van der Waals surface area contributed by atoms with E-state index < -0.39 is 35.4 Å². The molecule has 0 atom stereocenters. The molecule has 9 heteroatoms. The first-order chi connectivity index (χ1) is 12.2. The molecule has 0 radical (unpaired) electrons. The fourth-order valence-corrected chi connectivity index (χ4v) is 5.88. The maximum Gasteiger partial charge on any atom is 0.341 e. The molecule has 3 rings (SSSR count). The van der Waals surface area contributed by atoms with Crippen molar-refractivity contribution in [1.82, 2.24) is 4.31 Å². The normalized spacial score (nSPS) is 15.5. The Morgan fingerprint density at radius 3 is 1.96 bits per heavy atom. The summed E-state index contributed by atoms with van der Waals surface area (Å²) in [5.41, 5.74) is 0.733. The van der Waals surface area contributed by atoms with Crippen molar-refractivity contribution < 1.29 is 25.6 Å². The largest absolute Gasteiger partial charge is 0.341 e. The van der Waals surface area contributed by atoms with Crippen LogP contribution in [0.25, 0.3) is 0 Å². The van der Waals surface area contributed by atoms with Crippen molar-refractivity contribution in [2.45, 2.75) is 41.0 Å². The summed E-state index contributed by atoms with van der Waals surface area (Å²) in [4.78, 5) is -1.48. The minimum absolute atomic E-state index is 0.0525. The lowest BCUT2D eigenvalue weighted by molar-refractivity contribution is 0.234. The van der Waals surface area contributed by atoms with E-state index >= 15 is 0 Å². The van der Waals surface area contributed by atoms with Crippen LogP contribution in [0.3, 0.4) is 0 Å². The molecule has 1 saturated carbocycles. The lowest BCUT2D eigenvalue weighted by Gasteiger charge is -2.23. The lowest BCUT2D eigenvalue weighted by atomic mass is 10.2. The van der Waals surface area contributed by atoms with Crippen molar-refractivity contribution in [3.05, 3.63) is 60.2 Å². The molecule has 0 spiro atoms. The summed E-state index contributed by atoms with van der Waals surface area (Å²) in [6.45, 7) is 0.0525. The maximum atomic E-state index is 13.1. The monoisotopic (exact) mass is 401 g/mol. The molecule has 0 aliphatic heterocycles. The van der Waals surface area contributed by atoms with Crippen molar-refractivity contribution in [1.29, 1.82) is 0 Å². The number of hydrogen-bond acceptors (Lipinski definition) is 4. The Labute approximate surface area is 151 Å². The summed E-state index contributed by atoms with van der Waals surface area (Å²) in [6.07, 6.45) is 1.30. The van der Waals surface area contributed by atoms with Crippen LogP contribution in [0, 0.1) is 0 Å². The molecule has 2 aromatic rings. The second-order valence-electron chi connectivity index (χ2n) is 6.02. The smallest absolute Gasteiger partial charge is 0.218 e. The lowest BCUT2D eigenvalue weighted by Crippen LogP contribution is -2.33. The molecule has 0 saturated heterocycles. The Bertz CT molecular complexity index is 988. The summed E-state index contributed by atoms with van der Waals surface area (Å²) in [5, 5.41) is 0. The molecule has 0 unspecified atom stereocenters. The van der Waals surface area contributed by atoms with E-state index in [4.69, 9.17) is 0 Å². The number of halogens is 2. The van der Waals surface area contributed by atoms with Crippen molar-refractivity contribution in [3.63, 3.8) is 0 Å². The molecule has 2 aromatic carbocycles. The van der Waals surface area contributed by atoms with Crippen LogP contribution in [0.2, 0.25) is 0 Å². The average molecular weight is 401 g/mol. The molecule has 0 bridgehead atoms. The van der Waals surface area contributed by atoms with Crippen molar-refractivity contribution >= 4 is 19.9 Å². The highest BCUT2D eigenvalue weighted by molar-refractivity contribution is 7.93. The summed E-state index contributed by atoms with van der Waals surface area (Å²) in [7, 11) is -9.30. The molecule has 1 fully saturated rings. The summed E-state index contributed by atoms with van der Waals surface area (Å²) >= 11 is 0. The third kappa shape index (κ3) is 3.65. The van der Waals surface area contributed by atoms with E-state index in [0.717, 1.165) is 17.7 Å². The SMILES string of the molecule is O=S(=O)(c1ccccc1S(=O)(=O)N(Cc1ccccc1)C1CC1)C(F)F. The van der Waals surface area contributed by atoms with E-state index in [0.29, 0.717) is 12.8 Å². The van der Waals surface area contributed by atoms with Crippen LogP contribution in [0.4, 0.5) is 8.78 Å². The van der Waals surface area contributed by atoms with Gasteiger partial charge in [-0.25, -0.2) is 16.8 Å². The van der Waals surface area contributed by atoms with Gasteiger partial charge >= 0.3 is 5.76 Å². The van der Waals surface area contributed by atoms with E-state index in [2.05, 4.69) is 0 Å². The zero-order valence-electron chi connectivity index (χ0n) is 13.6. The average Bonchev–Trinajstić information content (AvgIpc) is 3.45. The van der Waals surface area contributed by atoms with E-state index in [9.17, 15) is 25.6 Å². The molecule has 0 amide bonds. The van der Waals surface area contributed by atoms with Crippen LogP contribution in [0.1, 0.15) is 18.4 Å². The van der Waals surface area contributed by atoms with Gasteiger partial charge in [-0.3, -0.25) is 0 Å². The first kappa shape index (κ1) is 18.9. The minimum Gasteiger partial charge on any atom is -0.218 e. The molecule has 1 aliphatic carbocycles. The van der Waals surface area contributed by atoms with Gasteiger partial charge in [0, 0.05) is 12.6 Å². The predicted octanol–water partition coefficient (Wildman–Crippen LogP) is 3.04. The van der Waals surface area contributed by atoms with E-state index in [-0.39, 0.29) is 12.6 Å². The molecule has 0 N–H and O–H groups in total. The van der Waals surface area contributed by atoms with E-state index in [1.54, 1.807) is 30.3 Å². The standard InChI is InChI=1S/C17H17F2NO4S2/c18-17(19)25(21,22)15-8-4-5-9-16(15)26(23,24)20(14-10-11-14)12-13-6-2-1-3-7-13/h1-9,14,17H,10-12H2. The zero-order valence-corrected chi connectivity index (χ0v) is 15.3. The fourth-order valence-electron chi connectivity index (χ4n) is 2.66. The minimum atomic E-state index is -5.04. The van der Waals surface area contributed by atoms with Crippen LogP contribution in [0.15, 0.2) is 64.4 Å². The number of sulfone groups is 1. The van der Waals surface area contributed by atoms with Gasteiger partial charge in [-0.15, -0.1) is 0 Å². The Kier molecular flexibility index (Phi) is 5.14. The molecule has 0 heterocycles. The van der Waals surface area contributed by atoms with Gasteiger partial charge in [0.05, 0.1) is 4.90 Å². The van der Waals surface area contributed by atoms with Gasteiger partial charge in [-0.05, 0) is 30.5 Å². The van der Waals surface area contributed by atoms with Crippen LogP contribution < -0.4 is 0 Å². The molecule has 5 nitrogen and oxygen atoms in total. The van der Waals surface area contributed by atoms with Gasteiger partial charge in [0.2, 0.25) is 19.9 Å². The number of sulfonamides is 1. The topological polar surface area (TPSA) is 71.5 Å². The molecule has 0 aromatic heterocycles. The highest BCUT2D eigenvalue weighted by atomic mass is 32.2. The van der Waals surface area contributed by atoms with Crippen molar-refractivity contribution in [2.75, 3.05) is 0 Å². The van der Waals surface area contributed by atoms with Crippen LogP contribution in [-0.2, 0) is 26.4 Å². The first-order valence-electron chi connectivity index (χ1n) is 7.91. The number of nitrogens with zero attached hydrogens (tertiary/aromatic N) is 1. The third-order valence-electron chi connectivity index (χ3n) is 4.11. The van der Waals surface area contributed by atoms with Crippen molar-refractivity contribution in [2.24, 2.45) is 0 Å².